The average molecular weight is 735 g/mol. The smallest absolute Gasteiger partial charge is 0.328 e. The minimum absolute atomic E-state index is 0.00511. The number of amides is 4. The van der Waals surface area contributed by atoms with Crippen molar-refractivity contribution in [2.45, 2.75) is 70.3 Å². The Labute approximate surface area is 306 Å². The molecule has 1 aliphatic heterocycles. The number of imide groups is 1. The van der Waals surface area contributed by atoms with Gasteiger partial charge in [-0.3, -0.25) is 14.5 Å². The molecule has 1 fully saturated rings. The van der Waals surface area contributed by atoms with Crippen molar-refractivity contribution in [3.8, 4) is 0 Å². The summed E-state index contributed by atoms with van der Waals surface area (Å²) in [4.78, 5) is 43.5. The van der Waals surface area contributed by atoms with Crippen LogP contribution >= 0.6 is 0 Å². The molecule has 3 aromatic rings. The Bertz CT molecular complexity index is 1800. The number of carbonyl (C=O) groups excluding carboxylic acids is 3. The number of nitrogens with zero attached hydrogens (tertiary/aromatic N) is 4. The van der Waals surface area contributed by atoms with Crippen LogP contribution in [0.1, 0.15) is 49.9 Å². The van der Waals surface area contributed by atoms with E-state index in [0.717, 1.165) is 21.6 Å². The highest BCUT2D eigenvalue weighted by atomic mass is 32.2. The number of benzene rings is 3. The number of hydrogen-bond donors (Lipinski definition) is 4. The Morgan fingerprint density at radius 3 is 2.21 bits per heavy atom. The number of aliphatic hydroxyl groups excluding tert-OH is 1. The summed E-state index contributed by atoms with van der Waals surface area (Å²) >= 11 is 0. The molecule has 4 amide bonds. The van der Waals surface area contributed by atoms with Gasteiger partial charge in [0, 0.05) is 19.6 Å². The molecule has 0 bridgehead atoms. The third-order valence-electron chi connectivity index (χ3n) is 8.81. The van der Waals surface area contributed by atoms with Gasteiger partial charge in [-0.2, -0.15) is 4.31 Å². The fraction of sp³-hybridized carbons (Fsp3) is 0.421. The zero-order valence-electron chi connectivity index (χ0n) is 30.3. The van der Waals surface area contributed by atoms with E-state index >= 15 is 0 Å². The Hall–Kier alpha value is -4.63. The van der Waals surface area contributed by atoms with Crippen LogP contribution < -0.4 is 10.6 Å². The molecule has 3 atom stereocenters. The molecule has 3 aromatic carbocycles. The van der Waals surface area contributed by atoms with Gasteiger partial charge in [-0.25, -0.2) is 13.2 Å². The molecular weight excluding hydrogens is 685 g/mol. The lowest BCUT2D eigenvalue weighted by molar-refractivity contribution is -0.129. The molecular formula is C38H50N6O7S. The monoisotopic (exact) mass is 734 g/mol. The van der Waals surface area contributed by atoms with Crippen molar-refractivity contribution in [3.05, 3.63) is 101 Å². The first-order chi connectivity index (χ1) is 24.7. The first-order valence-electron chi connectivity index (χ1n) is 17.4. The van der Waals surface area contributed by atoms with Gasteiger partial charge in [0.2, 0.25) is 15.9 Å². The van der Waals surface area contributed by atoms with Gasteiger partial charge in [0.1, 0.15) is 12.6 Å². The van der Waals surface area contributed by atoms with E-state index in [1.165, 1.54) is 39.7 Å². The first kappa shape index (κ1) is 40.1. The van der Waals surface area contributed by atoms with E-state index in [4.69, 9.17) is 5.21 Å². The second kappa shape index (κ2) is 18.2. The second-order valence-electron chi connectivity index (χ2n) is 13.8. The van der Waals surface area contributed by atoms with E-state index in [0.29, 0.717) is 12.1 Å². The molecule has 1 heterocycles. The van der Waals surface area contributed by atoms with E-state index in [1.807, 2.05) is 75.5 Å². The van der Waals surface area contributed by atoms with Crippen LogP contribution in [0.15, 0.2) is 88.9 Å². The quantitative estimate of drug-likeness (QED) is 0.0667. The van der Waals surface area contributed by atoms with Crippen LogP contribution in [-0.2, 0) is 39.1 Å². The summed E-state index contributed by atoms with van der Waals surface area (Å²) in [7, 11) is -2.27. The highest BCUT2D eigenvalue weighted by molar-refractivity contribution is 7.89. The van der Waals surface area contributed by atoms with Gasteiger partial charge >= 0.3 is 6.03 Å². The lowest BCUT2D eigenvalue weighted by Gasteiger charge is -2.34. The molecule has 1 aliphatic rings. The Morgan fingerprint density at radius 1 is 0.942 bits per heavy atom. The highest BCUT2D eigenvalue weighted by Gasteiger charge is 2.44. The Kier molecular flexibility index (Phi) is 14.1. The lowest BCUT2D eigenvalue weighted by Crippen LogP contribution is -2.57. The van der Waals surface area contributed by atoms with Crippen LogP contribution in [-0.4, -0.2) is 102 Å². The minimum Gasteiger partial charge on any atom is -0.411 e. The minimum atomic E-state index is -4.10. The topological polar surface area (TPSA) is 172 Å². The lowest BCUT2D eigenvalue weighted by atomic mass is 9.97. The largest absolute Gasteiger partial charge is 0.411 e. The van der Waals surface area contributed by atoms with Crippen molar-refractivity contribution in [3.63, 3.8) is 0 Å². The number of hydrogen-bond acceptors (Lipinski definition) is 9. The van der Waals surface area contributed by atoms with Crippen LogP contribution in [0.2, 0.25) is 0 Å². The van der Waals surface area contributed by atoms with E-state index in [2.05, 4.69) is 15.8 Å². The molecule has 1 saturated heterocycles. The Morgan fingerprint density at radius 2 is 1.60 bits per heavy atom. The van der Waals surface area contributed by atoms with Crippen LogP contribution in [0.25, 0.3) is 0 Å². The van der Waals surface area contributed by atoms with Crippen LogP contribution in [0.5, 0.6) is 0 Å². The van der Waals surface area contributed by atoms with Crippen molar-refractivity contribution in [1.82, 2.24) is 24.7 Å². The van der Waals surface area contributed by atoms with Crippen molar-refractivity contribution in [2.24, 2.45) is 17.0 Å². The molecule has 4 N–H and O–H groups in total. The predicted octanol–water partition coefficient (Wildman–Crippen LogP) is 3.44. The fourth-order valence-electron chi connectivity index (χ4n) is 6.34. The molecule has 0 aromatic heterocycles. The van der Waals surface area contributed by atoms with Crippen molar-refractivity contribution in [1.29, 1.82) is 0 Å². The standard InChI is InChI=1S/C38H50N6O7S/c1-26(2)22-42(52(50,51)32-16-14-29(15-17-32)21-40-49)24-34(45)33(19-28-10-7-6-8-11-28)41-37(47)36(27(3)4)44-25-35(46)43(38(44)48)23-31-13-9-12-30(18-31)20-39-5/h6-18,21,26-27,33-34,36,39,45,49H,19-20,22-25H2,1-5H3,(H,41,47)/b40-21+/t33-,34+,36-/m0/s1. The maximum absolute atomic E-state index is 14.2. The molecule has 14 heteroatoms. The van der Waals surface area contributed by atoms with Crippen LogP contribution in [0, 0.1) is 11.8 Å². The molecule has 0 unspecified atom stereocenters. The predicted molar refractivity (Wildman–Crippen MR) is 198 cm³/mol. The third kappa shape index (κ3) is 10.2. The number of nitrogens with one attached hydrogen (secondary N) is 2. The number of rotatable bonds is 18. The number of carbonyl (C=O) groups is 3. The van der Waals surface area contributed by atoms with Crippen molar-refractivity contribution >= 4 is 34.1 Å². The summed E-state index contributed by atoms with van der Waals surface area (Å²) in [5, 5.41) is 29.6. The molecule has 13 nitrogen and oxygen atoms in total. The van der Waals surface area contributed by atoms with Gasteiger partial charge in [0.05, 0.1) is 29.8 Å². The maximum Gasteiger partial charge on any atom is 0.328 e. The second-order valence-corrected chi connectivity index (χ2v) is 15.8. The number of urea groups is 1. The molecule has 4 rings (SSSR count). The average Bonchev–Trinajstić information content (AvgIpc) is 3.36. The van der Waals surface area contributed by atoms with Crippen LogP contribution in [0.4, 0.5) is 4.79 Å². The SMILES string of the molecule is CNCc1cccc(CN2C(=O)CN([C@H](C(=O)N[C@@H](Cc3ccccc3)[C@H](O)CN(CC(C)C)S(=O)(=O)c3ccc(/C=N/O)cc3)C(C)C)C2=O)c1. The van der Waals surface area contributed by atoms with Crippen LogP contribution in [0.3, 0.4) is 0 Å². The maximum atomic E-state index is 14.2. The number of oxime groups is 1. The van der Waals surface area contributed by atoms with E-state index in [1.54, 1.807) is 13.8 Å². The van der Waals surface area contributed by atoms with E-state index in [9.17, 15) is 27.9 Å². The molecule has 0 spiro atoms. The zero-order chi connectivity index (χ0) is 38.0. The van der Waals surface area contributed by atoms with Gasteiger partial charge < -0.3 is 25.8 Å². The zero-order valence-corrected chi connectivity index (χ0v) is 31.2. The van der Waals surface area contributed by atoms with Gasteiger partial charge in [-0.1, -0.05) is 99.6 Å². The van der Waals surface area contributed by atoms with Gasteiger partial charge in [0.25, 0.3) is 5.91 Å². The summed E-state index contributed by atoms with van der Waals surface area (Å²) < 4.78 is 29.0. The van der Waals surface area contributed by atoms with Crippen molar-refractivity contribution < 1.29 is 33.1 Å². The normalized spacial score (nSPS) is 15.6. The summed E-state index contributed by atoms with van der Waals surface area (Å²) in [6, 6.07) is 20.0. The fourth-order valence-corrected chi connectivity index (χ4v) is 7.96. The summed E-state index contributed by atoms with van der Waals surface area (Å²) in [6.07, 6.45) is -0.00464. The number of sulfonamides is 1. The summed E-state index contributed by atoms with van der Waals surface area (Å²) in [5.41, 5.74) is 3.08. The summed E-state index contributed by atoms with van der Waals surface area (Å²) in [5.74, 6) is -1.48. The molecule has 0 saturated carbocycles. The van der Waals surface area contributed by atoms with E-state index < -0.39 is 52.0 Å². The molecule has 0 aliphatic carbocycles. The molecule has 52 heavy (non-hydrogen) atoms. The Balaban J connectivity index is 1.58. The first-order valence-corrected chi connectivity index (χ1v) is 18.8. The van der Waals surface area contributed by atoms with Gasteiger partial charge in [-0.15, -0.1) is 0 Å². The van der Waals surface area contributed by atoms with Gasteiger partial charge in [0.15, 0.2) is 0 Å². The number of aliphatic hydroxyl groups is 1. The third-order valence-corrected chi connectivity index (χ3v) is 10.7. The van der Waals surface area contributed by atoms with E-state index in [-0.39, 0.29) is 43.4 Å². The van der Waals surface area contributed by atoms with Gasteiger partial charge in [-0.05, 0) is 59.7 Å². The summed E-state index contributed by atoms with van der Waals surface area (Å²) in [6.45, 7) is 7.47. The molecule has 280 valence electrons. The van der Waals surface area contributed by atoms with Crippen molar-refractivity contribution in [2.75, 3.05) is 26.7 Å². The highest BCUT2D eigenvalue weighted by Crippen LogP contribution is 2.24. The molecule has 0 radical (unpaired) electrons.